The van der Waals surface area contributed by atoms with E-state index in [-0.39, 0.29) is 49.9 Å². The molecule has 275 valence electrons. The van der Waals surface area contributed by atoms with E-state index >= 15 is 0 Å². The number of carbonyl (C=O) groups is 1. The molecule has 1 radical (unpaired) electrons. The van der Waals surface area contributed by atoms with Crippen molar-refractivity contribution in [2.45, 2.75) is 95.7 Å². The maximum Gasteiger partial charge on any atom is 0.394 e. The van der Waals surface area contributed by atoms with Crippen LogP contribution in [0.25, 0.3) is 32.8 Å². The number of aromatic nitrogens is 1. The second-order valence-electron chi connectivity index (χ2n) is 15.6. The molecule has 0 aliphatic rings. The fourth-order valence-electron chi connectivity index (χ4n) is 7.27. The first-order chi connectivity index (χ1) is 22.7. The number of hydrogen-bond donors (Lipinski definition) is 1. The van der Waals surface area contributed by atoms with Gasteiger partial charge in [0.15, 0.2) is 5.78 Å². The first-order valence-corrected chi connectivity index (χ1v) is 17.5. The molecule has 0 atom stereocenters. The second kappa shape index (κ2) is 17.5. The van der Waals surface area contributed by atoms with Gasteiger partial charge in [-0.2, -0.15) is 13.2 Å². The number of halogens is 3. The fraction of sp³-hybridized carbons (Fsp3) is 0.488. The van der Waals surface area contributed by atoms with E-state index in [9.17, 15) is 23.1 Å². The van der Waals surface area contributed by atoms with E-state index < -0.39 is 11.6 Å². The molecular formula is C43H55F3IrNO2-. The van der Waals surface area contributed by atoms with Crippen LogP contribution >= 0.6 is 0 Å². The van der Waals surface area contributed by atoms with Gasteiger partial charge in [-0.3, -0.25) is 4.79 Å². The molecular weight excluding hydrogens is 812 g/mol. The molecule has 0 saturated heterocycles. The molecule has 1 aromatic heterocycles. The zero-order chi connectivity index (χ0) is 37.0. The predicted octanol–water partition coefficient (Wildman–Crippen LogP) is 12.5. The minimum atomic E-state index is -4.26. The molecule has 0 aliphatic carbocycles. The molecule has 0 saturated carbocycles. The van der Waals surface area contributed by atoms with E-state index in [1.54, 1.807) is 12.3 Å². The van der Waals surface area contributed by atoms with E-state index in [0.29, 0.717) is 29.2 Å². The van der Waals surface area contributed by atoms with Crippen LogP contribution in [0.15, 0.2) is 66.6 Å². The monoisotopic (exact) mass is 867 g/mol. The van der Waals surface area contributed by atoms with Crippen molar-refractivity contribution >= 4 is 27.3 Å². The number of aryl methyl sites for hydroxylation is 2. The van der Waals surface area contributed by atoms with Crippen molar-refractivity contribution in [3.63, 3.8) is 0 Å². The van der Waals surface area contributed by atoms with Crippen molar-refractivity contribution in [1.29, 1.82) is 0 Å². The molecule has 1 N–H and O–H groups in total. The number of rotatable bonds is 10. The van der Waals surface area contributed by atoms with Crippen molar-refractivity contribution in [3.8, 4) is 11.3 Å². The molecule has 50 heavy (non-hydrogen) atoms. The number of alkyl halides is 3. The number of hydrogen-bond acceptors (Lipinski definition) is 3. The van der Waals surface area contributed by atoms with Crippen LogP contribution in [0.5, 0.6) is 0 Å². The van der Waals surface area contributed by atoms with Gasteiger partial charge in [-0.15, -0.1) is 34.9 Å². The van der Waals surface area contributed by atoms with Crippen LogP contribution in [0.4, 0.5) is 13.2 Å². The van der Waals surface area contributed by atoms with Crippen molar-refractivity contribution in [3.05, 3.63) is 89.3 Å². The smallest absolute Gasteiger partial charge is 0.394 e. The van der Waals surface area contributed by atoms with E-state index in [1.807, 2.05) is 44.2 Å². The molecule has 4 rings (SSSR count). The van der Waals surface area contributed by atoms with Crippen LogP contribution in [0.1, 0.15) is 85.9 Å². The van der Waals surface area contributed by atoms with Gasteiger partial charge in [0, 0.05) is 44.2 Å². The number of aliphatic hydroxyl groups excluding tert-OH is 1. The number of fused-ring (bicyclic) bond motifs is 3. The number of pyridine rings is 1. The number of benzene rings is 3. The molecule has 0 aliphatic heterocycles. The third-order valence-corrected chi connectivity index (χ3v) is 9.53. The Balaban J connectivity index is 0.000000379. The van der Waals surface area contributed by atoms with Crippen LogP contribution < -0.4 is 0 Å². The normalized spacial score (nSPS) is 12.8. The standard InChI is InChI=1S/C26H23F3N.C17H32O2.Ir/c1-16-12-17(2)14-19(13-16)24-23-9-8-20-18(15-25(3,4)26(27,28)29)6-5-7-21(20)22(23)10-11-30-24;1-10(2)16(11(3)4)14(18)9-15(19)17(12(5)6)13(7)8;/h5-13H,15H2,1-4H3;9-13,16-18H,1-8H3;/q-1;;/b;14-9-;. The Bertz CT molecular complexity index is 1750. The van der Waals surface area contributed by atoms with Gasteiger partial charge in [-0.25, -0.2) is 0 Å². The third-order valence-electron chi connectivity index (χ3n) is 9.53. The zero-order valence-electron chi connectivity index (χ0n) is 31.7. The maximum atomic E-state index is 13.5. The first-order valence-electron chi connectivity index (χ1n) is 17.5. The molecule has 0 fully saturated rings. The zero-order valence-corrected chi connectivity index (χ0v) is 34.1. The van der Waals surface area contributed by atoms with Crippen molar-refractivity contribution in [2.75, 3.05) is 0 Å². The summed E-state index contributed by atoms with van der Waals surface area (Å²) in [6.45, 7) is 23.2. The third kappa shape index (κ3) is 10.3. The fourth-order valence-corrected chi connectivity index (χ4v) is 7.27. The summed E-state index contributed by atoms with van der Waals surface area (Å²) in [6, 6.07) is 18.9. The summed E-state index contributed by atoms with van der Waals surface area (Å²) in [5, 5.41) is 14.0. The van der Waals surface area contributed by atoms with Gasteiger partial charge >= 0.3 is 6.18 Å². The van der Waals surface area contributed by atoms with Gasteiger partial charge in [0.05, 0.1) is 11.2 Å². The van der Waals surface area contributed by atoms with Gasteiger partial charge < -0.3 is 10.1 Å². The van der Waals surface area contributed by atoms with Crippen LogP contribution in [0.2, 0.25) is 0 Å². The quantitative estimate of drug-likeness (QED) is 0.0748. The Morgan fingerprint density at radius 1 is 0.800 bits per heavy atom. The summed E-state index contributed by atoms with van der Waals surface area (Å²) in [6.07, 6.45) is -1.09. The Hall–Kier alpha value is -3.02. The van der Waals surface area contributed by atoms with Gasteiger partial charge in [0.25, 0.3) is 0 Å². The molecule has 3 nitrogen and oxygen atoms in total. The number of carbonyl (C=O) groups excluding carboxylic acids is 1. The molecule has 7 heteroatoms. The number of aliphatic hydroxyl groups is 1. The summed E-state index contributed by atoms with van der Waals surface area (Å²) in [7, 11) is 0. The average molecular weight is 867 g/mol. The summed E-state index contributed by atoms with van der Waals surface area (Å²) >= 11 is 0. The number of nitrogens with zero attached hydrogens (tertiary/aromatic N) is 1. The van der Waals surface area contributed by atoms with E-state index in [1.165, 1.54) is 19.9 Å². The Morgan fingerprint density at radius 3 is 1.86 bits per heavy atom. The molecule has 4 aromatic rings. The number of allylic oxidation sites excluding steroid dienone is 2. The van der Waals surface area contributed by atoms with Crippen LogP contribution in [-0.2, 0) is 31.3 Å². The van der Waals surface area contributed by atoms with Crippen LogP contribution in [0, 0.1) is 60.8 Å². The molecule has 3 aromatic carbocycles. The van der Waals surface area contributed by atoms with Crippen molar-refractivity contribution in [2.24, 2.45) is 40.9 Å². The molecule has 0 bridgehead atoms. The van der Waals surface area contributed by atoms with Gasteiger partial charge in [-0.05, 0) is 69.0 Å². The van der Waals surface area contributed by atoms with Crippen molar-refractivity contribution < 1.29 is 43.2 Å². The van der Waals surface area contributed by atoms with E-state index in [0.717, 1.165) is 43.9 Å². The molecule has 0 amide bonds. The topological polar surface area (TPSA) is 50.2 Å². The summed E-state index contributed by atoms with van der Waals surface area (Å²) in [5.74, 6) is 1.63. The van der Waals surface area contributed by atoms with Gasteiger partial charge in [0.1, 0.15) is 0 Å². The summed E-state index contributed by atoms with van der Waals surface area (Å²) in [5.41, 5.74) is 2.84. The second-order valence-corrected chi connectivity index (χ2v) is 15.6. The predicted molar refractivity (Wildman–Crippen MR) is 199 cm³/mol. The van der Waals surface area contributed by atoms with Crippen LogP contribution in [-0.4, -0.2) is 22.1 Å². The maximum absolute atomic E-state index is 13.5. The van der Waals surface area contributed by atoms with E-state index in [4.69, 9.17) is 0 Å². The molecule has 0 spiro atoms. The molecule has 0 unspecified atom stereocenters. The minimum Gasteiger partial charge on any atom is -0.512 e. The van der Waals surface area contributed by atoms with Gasteiger partial charge in [0.2, 0.25) is 0 Å². The summed E-state index contributed by atoms with van der Waals surface area (Å²) < 4.78 is 40.4. The van der Waals surface area contributed by atoms with E-state index in [2.05, 4.69) is 78.6 Å². The van der Waals surface area contributed by atoms with Crippen LogP contribution in [0.3, 0.4) is 0 Å². The Kier molecular flexibility index (Phi) is 15.1. The van der Waals surface area contributed by atoms with Gasteiger partial charge in [-0.1, -0.05) is 113 Å². The Labute approximate surface area is 311 Å². The summed E-state index contributed by atoms with van der Waals surface area (Å²) in [4.78, 5) is 17.0. The minimum absolute atomic E-state index is 0. The van der Waals surface area contributed by atoms with Crippen molar-refractivity contribution in [1.82, 2.24) is 4.98 Å². The molecule has 1 heterocycles. The number of ketones is 1. The first kappa shape index (κ1) is 43.1. The largest absolute Gasteiger partial charge is 0.512 e. The SMILES string of the molecule is CC(C)C(C(=O)/C=C(\O)C(C(C)C)C(C)C)C(C)C.Cc1[c-]c(-c2nccc3c2ccc2c(CC(C)(C)C(F)(F)F)cccc23)cc(C)c1.[Ir]. The Morgan fingerprint density at radius 2 is 1.34 bits per heavy atom. The average Bonchev–Trinajstić information content (AvgIpc) is 2.95.